The molecule has 1 aromatic carbocycles. The second kappa shape index (κ2) is 4.84. The van der Waals surface area contributed by atoms with E-state index in [4.69, 9.17) is 10.5 Å². The van der Waals surface area contributed by atoms with Crippen LogP contribution in [0.5, 0.6) is 0 Å². The number of rotatable bonds is 3. The Morgan fingerprint density at radius 1 is 1.50 bits per heavy atom. The molecule has 0 fully saturated rings. The summed E-state index contributed by atoms with van der Waals surface area (Å²) in [6.07, 6.45) is 3.75. The van der Waals surface area contributed by atoms with Crippen molar-refractivity contribution in [1.82, 2.24) is 9.78 Å². The number of nitrogens with zero attached hydrogens (tertiary/aromatic N) is 2. The number of hydrogen-bond donors (Lipinski definition) is 1. The molecule has 0 aliphatic rings. The van der Waals surface area contributed by atoms with Gasteiger partial charge in [0.25, 0.3) is 0 Å². The molecular formula is C11H12IN3O. The standard InChI is InChI=1S/C11H12IN3O/c1-16-7-8-5-14-15(6-8)9-2-3-11(13)10(12)4-9/h2-6H,7,13H2,1H3. The zero-order valence-corrected chi connectivity index (χ0v) is 11.0. The van der Waals surface area contributed by atoms with Crippen molar-refractivity contribution in [1.29, 1.82) is 0 Å². The van der Waals surface area contributed by atoms with Gasteiger partial charge in [0, 0.05) is 28.1 Å². The SMILES string of the molecule is COCc1cnn(-c2ccc(N)c(I)c2)c1. The molecule has 0 spiro atoms. The molecule has 0 atom stereocenters. The Morgan fingerprint density at radius 3 is 3.00 bits per heavy atom. The minimum Gasteiger partial charge on any atom is -0.398 e. The van der Waals surface area contributed by atoms with Crippen LogP contribution in [-0.4, -0.2) is 16.9 Å². The third-order valence-corrected chi connectivity index (χ3v) is 3.13. The van der Waals surface area contributed by atoms with Crippen LogP contribution in [0.4, 0.5) is 5.69 Å². The number of hydrogen-bond acceptors (Lipinski definition) is 3. The van der Waals surface area contributed by atoms with Crippen LogP contribution in [0.2, 0.25) is 0 Å². The van der Waals surface area contributed by atoms with Crippen LogP contribution in [0.1, 0.15) is 5.56 Å². The molecule has 0 amide bonds. The monoisotopic (exact) mass is 329 g/mol. The molecule has 0 radical (unpaired) electrons. The van der Waals surface area contributed by atoms with Crippen LogP contribution in [0.25, 0.3) is 5.69 Å². The van der Waals surface area contributed by atoms with Gasteiger partial charge in [-0.3, -0.25) is 0 Å². The van der Waals surface area contributed by atoms with Gasteiger partial charge in [0.2, 0.25) is 0 Å². The predicted octanol–water partition coefficient (Wildman–Crippen LogP) is 2.21. The van der Waals surface area contributed by atoms with E-state index in [1.165, 1.54) is 0 Å². The highest BCUT2D eigenvalue weighted by atomic mass is 127. The Balaban J connectivity index is 2.31. The zero-order chi connectivity index (χ0) is 11.5. The van der Waals surface area contributed by atoms with Crippen molar-refractivity contribution >= 4 is 28.3 Å². The van der Waals surface area contributed by atoms with Crippen molar-refractivity contribution in [3.8, 4) is 5.69 Å². The minimum absolute atomic E-state index is 0.575. The molecule has 2 rings (SSSR count). The van der Waals surface area contributed by atoms with Crippen molar-refractivity contribution in [2.45, 2.75) is 6.61 Å². The number of anilines is 1. The maximum Gasteiger partial charge on any atom is 0.0743 e. The predicted molar refractivity (Wildman–Crippen MR) is 71.4 cm³/mol. The number of aromatic nitrogens is 2. The summed E-state index contributed by atoms with van der Waals surface area (Å²) in [5.74, 6) is 0. The second-order valence-electron chi connectivity index (χ2n) is 3.43. The summed E-state index contributed by atoms with van der Waals surface area (Å²) in [5.41, 5.74) is 8.60. The summed E-state index contributed by atoms with van der Waals surface area (Å²) in [6.45, 7) is 0.575. The van der Waals surface area contributed by atoms with E-state index in [0.717, 1.165) is 20.5 Å². The van der Waals surface area contributed by atoms with Gasteiger partial charge in [0.15, 0.2) is 0 Å². The Kier molecular flexibility index (Phi) is 3.45. The smallest absolute Gasteiger partial charge is 0.0743 e. The first-order valence-corrected chi connectivity index (χ1v) is 5.86. The second-order valence-corrected chi connectivity index (χ2v) is 4.59. The van der Waals surface area contributed by atoms with Gasteiger partial charge < -0.3 is 10.5 Å². The third-order valence-electron chi connectivity index (χ3n) is 2.20. The van der Waals surface area contributed by atoms with Gasteiger partial charge >= 0.3 is 0 Å². The van der Waals surface area contributed by atoms with Crippen molar-refractivity contribution < 1.29 is 4.74 Å². The summed E-state index contributed by atoms with van der Waals surface area (Å²) in [6, 6.07) is 5.83. The molecular weight excluding hydrogens is 317 g/mol. The number of halogens is 1. The lowest BCUT2D eigenvalue weighted by atomic mass is 10.3. The highest BCUT2D eigenvalue weighted by Gasteiger charge is 2.02. The number of ether oxygens (including phenoxy) is 1. The number of methoxy groups -OCH3 is 1. The fourth-order valence-corrected chi connectivity index (χ4v) is 1.90. The first kappa shape index (κ1) is 11.4. The maximum atomic E-state index is 5.76. The van der Waals surface area contributed by atoms with E-state index in [9.17, 15) is 0 Å². The van der Waals surface area contributed by atoms with Gasteiger partial charge in [0.1, 0.15) is 0 Å². The van der Waals surface area contributed by atoms with E-state index in [-0.39, 0.29) is 0 Å². The Labute approximate surface area is 108 Å². The van der Waals surface area contributed by atoms with E-state index >= 15 is 0 Å². The highest BCUT2D eigenvalue weighted by molar-refractivity contribution is 14.1. The molecule has 0 aliphatic carbocycles. The average Bonchev–Trinajstić information content (AvgIpc) is 2.71. The number of benzene rings is 1. The fraction of sp³-hybridized carbons (Fsp3) is 0.182. The van der Waals surface area contributed by atoms with E-state index < -0.39 is 0 Å². The Bertz CT molecular complexity index is 496. The van der Waals surface area contributed by atoms with Crippen molar-refractivity contribution in [2.75, 3.05) is 12.8 Å². The molecule has 0 unspecified atom stereocenters. The molecule has 0 saturated heterocycles. The van der Waals surface area contributed by atoms with Crippen LogP contribution in [0, 0.1) is 3.57 Å². The topological polar surface area (TPSA) is 53.1 Å². The van der Waals surface area contributed by atoms with E-state index in [0.29, 0.717) is 6.61 Å². The molecule has 4 nitrogen and oxygen atoms in total. The zero-order valence-electron chi connectivity index (χ0n) is 8.85. The average molecular weight is 329 g/mol. The summed E-state index contributed by atoms with van der Waals surface area (Å²) in [4.78, 5) is 0. The van der Waals surface area contributed by atoms with Crippen LogP contribution in [0.3, 0.4) is 0 Å². The summed E-state index contributed by atoms with van der Waals surface area (Å²) >= 11 is 2.21. The Hall–Kier alpha value is -1.08. The quantitative estimate of drug-likeness (QED) is 0.694. The van der Waals surface area contributed by atoms with E-state index in [1.54, 1.807) is 13.3 Å². The van der Waals surface area contributed by atoms with E-state index in [2.05, 4.69) is 27.7 Å². The highest BCUT2D eigenvalue weighted by Crippen LogP contribution is 2.18. The van der Waals surface area contributed by atoms with Crippen molar-refractivity contribution in [3.05, 3.63) is 39.7 Å². The molecule has 0 bridgehead atoms. The summed E-state index contributed by atoms with van der Waals surface area (Å²) in [7, 11) is 1.67. The molecule has 1 aromatic heterocycles. The first-order chi connectivity index (χ1) is 7.70. The van der Waals surface area contributed by atoms with Gasteiger partial charge in [0.05, 0.1) is 18.5 Å². The molecule has 0 aliphatic heterocycles. The summed E-state index contributed by atoms with van der Waals surface area (Å²) < 4.78 is 7.89. The van der Waals surface area contributed by atoms with E-state index in [1.807, 2.05) is 29.1 Å². The first-order valence-electron chi connectivity index (χ1n) is 4.78. The van der Waals surface area contributed by atoms with Crippen LogP contribution >= 0.6 is 22.6 Å². The van der Waals surface area contributed by atoms with Gasteiger partial charge in [-0.25, -0.2) is 4.68 Å². The Morgan fingerprint density at radius 2 is 2.31 bits per heavy atom. The summed E-state index contributed by atoms with van der Waals surface area (Å²) in [5, 5.41) is 4.27. The van der Waals surface area contributed by atoms with Crippen LogP contribution < -0.4 is 5.73 Å². The largest absolute Gasteiger partial charge is 0.398 e. The van der Waals surface area contributed by atoms with Gasteiger partial charge in [-0.1, -0.05) is 0 Å². The van der Waals surface area contributed by atoms with Crippen LogP contribution in [-0.2, 0) is 11.3 Å². The maximum absolute atomic E-state index is 5.76. The number of nitrogens with two attached hydrogens (primary N) is 1. The fourth-order valence-electron chi connectivity index (χ4n) is 1.40. The van der Waals surface area contributed by atoms with Crippen LogP contribution in [0.15, 0.2) is 30.6 Å². The molecule has 2 N–H and O–H groups in total. The molecule has 16 heavy (non-hydrogen) atoms. The number of nitrogen functional groups attached to an aromatic ring is 1. The van der Waals surface area contributed by atoms with Gasteiger partial charge in [-0.2, -0.15) is 5.10 Å². The molecule has 0 saturated carbocycles. The van der Waals surface area contributed by atoms with Crippen molar-refractivity contribution in [3.63, 3.8) is 0 Å². The van der Waals surface area contributed by atoms with Gasteiger partial charge in [-0.05, 0) is 40.8 Å². The lowest BCUT2D eigenvalue weighted by Crippen LogP contribution is -1.97. The lowest BCUT2D eigenvalue weighted by Gasteiger charge is -2.03. The minimum atomic E-state index is 0.575. The molecule has 5 heteroatoms. The third kappa shape index (κ3) is 2.35. The molecule has 2 aromatic rings. The molecule has 1 heterocycles. The van der Waals surface area contributed by atoms with Crippen molar-refractivity contribution in [2.24, 2.45) is 0 Å². The normalized spacial score (nSPS) is 10.6. The lowest BCUT2D eigenvalue weighted by molar-refractivity contribution is 0.185. The van der Waals surface area contributed by atoms with Gasteiger partial charge in [-0.15, -0.1) is 0 Å². The molecule has 84 valence electrons.